The van der Waals surface area contributed by atoms with Crippen LogP contribution in [0.1, 0.15) is 13.3 Å². The average molecular weight is 251 g/mol. The Labute approximate surface area is 113 Å². The van der Waals surface area contributed by atoms with Gasteiger partial charge in [-0.3, -0.25) is 14.7 Å². The Balaban J connectivity index is 2.15. The van der Waals surface area contributed by atoms with Crippen LogP contribution in [0.15, 0.2) is 61.1 Å². The lowest BCUT2D eigenvalue weighted by Crippen LogP contribution is -2.29. The van der Waals surface area contributed by atoms with Crippen LogP contribution < -0.4 is 5.01 Å². The molecule has 0 N–H and O–H groups in total. The lowest BCUT2D eigenvalue weighted by molar-refractivity contribution is 0.681. The van der Waals surface area contributed by atoms with Crippen molar-refractivity contribution >= 4 is 16.6 Å². The molecule has 0 fully saturated rings. The van der Waals surface area contributed by atoms with E-state index in [2.05, 4.69) is 58.3 Å². The van der Waals surface area contributed by atoms with Gasteiger partial charge < -0.3 is 0 Å². The van der Waals surface area contributed by atoms with Crippen molar-refractivity contribution in [3.8, 4) is 0 Å². The first-order valence-corrected chi connectivity index (χ1v) is 6.64. The van der Waals surface area contributed by atoms with Crippen molar-refractivity contribution < 1.29 is 0 Å². The van der Waals surface area contributed by atoms with Crippen LogP contribution in [-0.4, -0.2) is 16.2 Å². The molecular weight excluding hydrogens is 234 g/mol. The fourth-order valence-electron chi connectivity index (χ4n) is 2.36. The molecule has 0 radical (unpaired) electrons. The van der Waals surface area contributed by atoms with Gasteiger partial charge in [-0.1, -0.05) is 25.1 Å². The van der Waals surface area contributed by atoms with E-state index >= 15 is 0 Å². The van der Waals surface area contributed by atoms with Crippen LogP contribution in [0, 0.1) is 0 Å². The molecule has 0 spiro atoms. The van der Waals surface area contributed by atoms with E-state index in [1.54, 1.807) is 0 Å². The van der Waals surface area contributed by atoms with E-state index < -0.39 is 0 Å². The summed E-state index contributed by atoms with van der Waals surface area (Å²) in [4.78, 5) is 4.43. The Bertz CT molecular complexity index is 653. The fraction of sp³-hybridized carbons (Fsp3) is 0.188. The monoisotopic (exact) mass is 251 g/mol. The molecule has 96 valence electrons. The second-order valence-electron chi connectivity index (χ2n) is 4.53. The molecular formula is C16H17N3. The number of aromatic nitrogens is 2. The van der Waals surface area contributed by atoms with E-state index in [0.29, 0.717) is 0 Å². The highest BCUT2D eigenvalue weighted by molar-refractivity contribution is 5.91. The first kappa shape index (κ1) is 11.8. The Morgan fingerprint density at radius 3 is 2.63 bits per heavy atom. The van der Waals surface area contributed by atoms with Gasteiger partial charge >= 0.3 is 0 Å². The van der Waals surface area contributed by atoms with Crippen molar-refractivity contribution in [3.05, 3.63) is 61.1 Å². The van der Waals surface area contributed by atoms with Crippen molar-refractivity contribution in [2.24, 2.45) is 0 Å². The van der Waals surface area contributed by atoms with Crippen LogP contribution in [0.25, 0.3) is 10.9 Å². The Morgan fingerprint density at radius 1 is 1.05 bits per heavy atom. The van der Waals surface area contributed by atoms with Gasteiger partial charge in [-0.05, 0) is 30.7 Å². The minimum Gasteiger partial charge on any atom is -0.281 e. The van der Waals surface area contributed by atoms with Crippen molar-refractivity contribution in [1.82, 2.24) is 9.66 Å². The molecule has 0 atom stereocenters. The van der Waals surface area contributed by atoms with Gasteiger partial charge in [0, 0.05) is 30.5 Å². The lowest BCUT2D eigenvalue weighted by atomic mass is 10.2. The third-order valence-corrected chi connectivity index (χ3v) is 3.21. The van der Waals surface area contributed by atoms with Gasteiger partial charge in [0.15, 0.2) is 0 Å². The lowest BCUT2D eigenvalue weighted by Gasteiger charge is -2.26. The Morgan fingerprint density at radius 2 is 1.84 bits per heavy atom. The zero-order valence-electron chi connectivity index (χ0n) is 11.0. The summed E-state index contributed by atoms with van der Waals surface area (Å²) in [6.45, 7) is 3.17. The van der Waals surface area contributed by atoms with Crippen molar-refractivity contribution in [1.29, 1.82) is 0 Å². The number of anilines is 1. The van der Waals surface area contributed by atoms with E-state index in [4.69, 9.17) is 0 Å². The van der Waals surface area contributed by atoms with Crippen molar-refractivity contribution in [2.75, 3.05) is 11.6 Å². The minimum absolute atomic E-state index is 0.975. The van der Waals surface area contributed by atoms with Gasteiger partial charge in [0.1, 0.15) is 0 Å². The number of pyridine rings is 1. The minimum atomic E-state index is 0.975. The van der Waals surface area contributed by atoms with Gasteiger partial charge in [-0.25, -0.2) is 0 Å². The highest BCUT2D eigenvalue weighted by atomic mass is 15.5. The zero-order chi connectivity index (χ0) is 13.1. The molecule has 3 nitrogen and oxygen atoms in total. The van der Waals surface area contributed by atoms with Crippen LogP contribution in [0.3, 0.4) is 0 Å². The molecule has 0 aliphatic carbocycles. The molecule has 2 heterocycles. The van der Waals surface area contributed by atoms with E-state index in [-0.39, 0.29) is 0 Å². The molecule has 0 saturated heterocycles. The summed E-state index contributed by atoms with van der Waals surface area (Å²) in [5, 5.41) is 3.47. The molecule has 3 aromatic rings. The molecule has 0 amide bonds. The molecule has 0 saturated carbocycles. The summed E-state index contributed by atoms with van der Waals surface area (Å²) >= 11 is 0. The molecule has 3 heteroatoms. The van der Waals surface area contributed by atoms with E-state index in [0.717, 1.165) is 18.5 Å². The van der Waals surface area contributed by atoms with Gasteiger partial charge in [0.2, 0.25) is 0 Å². The maximum absolute atomic E-state index is 4.43. The maximum atomic E-state index is 4.43. The SMILES string of the molecule is CCCN(c1ccnc2ccccc12)n1cccc1. The molecule has 2 aromatic heterocycles. The number of hydrogen-bond acceptors (Lipinski definition) is 2. The van der Waals surface area contributed by atoms with Crippen LogP contribution in [-0.2, 0) is 0 Å². The Hall–Kier alpha value is -2.29. The summed E-state index contributed by atoms with van der Waals surface area (Å²) < 4.78 is 2.13. The first-order chi connectivity index (χ1) is 9.40. The predicted octanol–water partition coefficient (Wildman–Crippen LogP) is 3.72. The zero-order valence-corrected chi connectivity index (χ0v) is 11.0. The molecule has 0 aliphatic heterocycles. The number of hydrogen-bond donors (Lipinski definition) is 0. The molecule has 3 rings (SSSR count). The summed E-state index contributed by atoms with van der Waals surface area (Å²) in [6.07, 6.45) is 7.12. The van der Waals surface area contributed by atoms with Gasteiger partial charge in [0.05, 0.1) is 11.2 Å². The van der Waals surface area contributed by atoms with E-state index in [1.807, 2.05) is 24.4 Å². The second-order valence-corrected chi connectivity index (χ2v) is 4.53. The van der Waals surface area contributed by atoms with E-state index in [1.165, 1.54) is 11.1 Å². The topological polar surface area (TPSA) is 21.1 Å². The van der Waals surface area contributed by atoms with E-state index in [9.17, 15) is 0 Å². The number of para-hydroxylation sites is 1. The molecule has 19 heavy (non-hydrogen) atoms. The average Bonchev–Trinajstić information content (AvgIpc) is 2.98. The summed E-state index contributed by atoms with van der Waals surface area (Å²) in [6, 6.07) is 14.4. The quantitative estimate of drug-likeness (QED) is 0.704. The maximum Gasteiger partial charge on any atom is 0.0723 e. The number of rotatable bonds is 4. The molecule has 1 aromatic carbocycles. The van der Waals surface area contributed by atoms with Gasteiger partial charge in [0.25, 0.3) is 0 Å². The second kappa shape index (κ2) is 5.14. The molecule has 0 aliphatic rings. The number of benzene rings is 1. The molecule has 0 unspecified atom stereocenters. The van der Waals surface area contributed by atoms with Gasteiger partial charge in [-0.15, -0.1) is 0 Å². The first-order valence-electron chi connectivity index (χ1n) is 6.64. The van der Waals surface area contributed by atoms with Gasteiger partial charge in [-0.2, -0.15) is 0 Å². The standard InChI is InChI=1S/C16H17N3/c1-2-11-19(18-12-5-6-13-18)16-9-10-17-15-8-4-3-7-14(15)16/h3-10,12-13H,2,11H2,1H3. The highest BCUT2D eigenvalue weighted by Gasteiger charge is 2.10. The predicted molar refractivity (Wildman–Crippen MR) is 79.2 cm³/mol. The van der Waals surface area contributed by atoms with Crippen LogP contribution >= 0.6 is 0 Å². The summed E-state index contributed by atoms with van der Waals surface area (Å²) in [5.41, 5.74) is 2.23. The fourth-order valence-corrected chi connectivity index (χ4v) is 2.36. The van der Waals surface area contributed by atoms with Crippen LogP contribution in [0.2, 0.25) is 0 Å². The third kappa shape index (κ3) is 2.19. The van der Waals surface area contributed by atoms with Crippen LogP contribution in [0.4, 0.5) is 5.69 Å². The Kier molecular flexibility index (Phi) is 3.19. The smallest absolute Gasteiger partial charge is 0.0723 e. The van der Waals surface area contributed by atoms with Crippen molar-refractivity contribution in [3.63, 3.8) is 0 Å². The summed E-state index contributed by atoms with van der Waals surface area (Å²) in [5.74, 6) is 0. The van der Waals surface area contributed by atoms with Crippen molar-refractivity contribution in [2.45, 2.75) is 13.3 Å². The largest absolute Gasteiger partial charge is 0.281 e. The third-order valence-electron chi connectivity index (χ3n) is 3.21. The van der Waals surface area contributed by atoms with Crippen LogP contribution in [0.5, 0.6) is 0 Å². The molecule has 0 bridgehead atoms. The summed E-state index contributed by atoms with van der Waals surface area (Å²) in [7, 11) is 0. The number of nitrogens with zero attached hydrogens (tertiary/aromatic N) is 3. The normalized spacial score (nSPS) is 10.8. The number of fused-ring (bicyclic) bond motifs is 1. The highest BCUT2D eigenvalue weighted by Crippen LogP contribution is 2.25.